The van der Waals surface area contributed by atoms with Crippen LogP contribution in [0, 0.1) is 5.41 Å². The normalized spacial score (nSPS) is 23.3. The molecule has 0 aromatic rings. The van der Waals surface area contributed by atoms with Crippen LogP contribution in [0.1, 0.15) is 52.4 Å². The zero-order valence-electron chi connectivity index (χ0n) is 12.8. The number of barbiturate groups is 1. The Bertz CT molecular complexity index is 433. The van der Waals surface area contributed by atoms with Gasteiger partial charge in [0.1, 0.15) is 5.41 Å². The number of nitrogens with one attached hydrogen (secondary N) is 1. The minimum Gasteiger partial charge on any atom is -0.277 e. The number of urea groups is 1. The summed E-state index contributed by atoms with van der Waals surface area (Å²) in [4.78, 5) is 38.4. The smallest absolute Gasteiger partial charge is 0.277 e. The summed E-state index contributed by atoms with van der Waals surface area (Å²) in [7, 11) is 0. The fraction of sp³-hybridized carbons (Fsp3) is 0.800. The Hall–Kier alpha value is -1.04. The molecule has 5 nitrogen and oxygen atoms in total. The molecule has 1 saturated heterocycles. The van der Waals surface area contributed by atoms with Crippen LogP contribution in [0.15, 0.2) is 0 Å². The first-order valence-electron chi connectivity index (χ1n) is 7.79. The lowest BCUT2D eigenvalue weighted by atomic mass is 9.71. The van der Waals surface area contributed by atoms with Crippen molar-refractivity contribution in [1.29, 1.82) is 0 Å². The standard InChI is InChI=1S/C15H24N2O3S/c1-3-21-10-7-11(2)17-13(19)15(8-5-4-6-9-15)12(18)16-14(17)20/h11H,3-10H2,1-2H3,(H,16,18,20). The quantitative estimate of drug-likeness (QED) is 0.626. The van der Waals surface area contributed by atoms with Crippen LogP contribution in [0.5, 0.6) is 0 Å². The SMILES string of the molecule is CCSCCC(C)N1C(=O)NC(=O)C2(CCCCC2)C1=O. The maximum atomic E-state index is 12.8. The second-order valence-electron chi connectivity index (χ2n) is 5.91. The zero-order valence-corrected chi connectivity index (χ0v) is 13.6. The molecule has 0 aromatic heterocycles. The number of hydrogen-bond acceptors (Lipinski definition) is 4. The van der Waals surface area contributed by atoms with Crippen LogP contribution >= 0.6 is 11.8 Å². The highest BCUT2D eigenvalue weighted by Crippen LogP contribution is 2.40. The number of imide groups is 2. The van der Waals surface area contributed by atoms with Crippen molar-refractivity contribution in [3.8, 4) is 0 Å². The molecule has 0 aromatic carbocycles. The Balaban J connectivity index is 2.15. The predicted molar refractivity (Wildman–Crippen MR) is 83.0 cm³/mol. The van der Waals surface area contributed by atoms with Crippen molar-refractivity contribution in [2.45, 2.75) is 58.4 Å². The molecule has 1 aliphatic carbocycles. The maximum absolute atomic E-state index is 12.8. The Kier molecular flexibility index (Phi) is 5.30. The summed E-state index contributed by atoms with van der Waals surface area (Å²) in [5, 5.41) is 2.41. The van der Waals surface area contributed by atoms with E-state index in [4.69, 9.17) is 0 Å². The van der Waals surface area contributed by atoms with Gasteiger partial charge < -0.3 is 0 Å². The lowest BCUT2D eigenvalue weighted by molar-refractivity contribution is -0.155. The lowest BCUT2D eigenvalue weighted by Crippen LogP contribution is -2.66. The van der Waals surface area contributed by atoms with E-state index in [1.807, 2.05) is 6.92 Å². The van der Waals surface area contributed by atoms with E-state index in [9.17, 15) is 14.4 Å². The van der Waals surface area contributed by atoms with Crippen molar-refractivity contribution < 1.29 is 14.4 Å². The van der Waals surface area contributed by atoms with E-state index in [1.165, 1.54) is 4.90 Å². The van der Waals surface area contributed by atoms with Gasteiger partial charge >= 0.3 is 6.03 Å². The van der Waals surface area contributed by atoms with Gasteiger partial charge in [0.2, 0.25) is 11.8 Å². The van der Waals surface area contributed by atoms with Gasteiger partial charge in [0.05, 0.1) is 0 Å². The van der Waals surface area contributed by atoms with Crippen molar-refractivity contribution in [3.05, 3.63) is 0 Å². The molecular weight excluding hydrogens is 288 g/mol. The van der Waals surface area contributed by atoms with Crippen LogP contribution in [-0.4, -0.2) is 40.3 Å². The molecule has 4 amide bonds. The highest BCUT2D eigenvalue weighted by atomic mass is 32.2. The molecule has 1 spiro atoms. The number of carbonyl (C=O) groups is 3. The molecule has 21 heavy (non-hydrogen) atoms. The monoisotopic (exact) mass is 312 g/mol. The average molecular weight is 312 g/mol. The molecule has 0 radical (unpaired) electrons. The van der Waals surface area contributed by atoms with Crippen molar-refractivity contribution in [2.75, 3.05) is 11.5 Å². The number of hydrogen-bond donors (Lipinski definition) is 1. The largest absolute Gasteiger partial charge is 0.331 e. The van der Waals surface area contributed by atoms with E-state index in [0.717, 1.165) is 37.2 Å². The number of rotatable bonds is 5. The molecule has 2 rings (SSSR count). The van der Waals surface area contributed by atoms with E-state index < -0.39 is 11.4 Å². The molecule has 1 unspecified atom stereocenters. The number of thioether (sulfide) groups is 1. The third kappa shape index (κ3) is 3.10. The summed E-state index contributed by atoms with van der Waals surface area (Å²) in [6, 6.07) is -0.710. The van der Waals surface area contributed by atoms with Crippen molar-refractivity contribution >= 4 is 29.6 Å². The first-order valence-corrected chi connectivity index (χ1v) is 8.95. The molecule has 1 N–H and O–H groups in total. The van der Waals surface area contributed by atoms with E-state index in [-0.39, 0.29) is 17.9 Å². The van der Waals surface area contributed by atoms with Gasteiger partial charge in [0.15, 0.2) is 0 Å². The molecule has 1 heterocycles. The van der Waals surface area contributed by atoms with Gasteiger partial charge in [-0.2, -0.15) is 11.8 Å². The summed E-state index contributed by atoms with van der Waals surface area (Å²) in [6.07, 6.45) is 4.71. The lowest BCUT2D eigenvalue weighted by Gasteiger charge is -2.43. The number of amides is 4. The van der Waals surface area contributed by atoms with Crippen molar-refractivity contribution in [2.24, 2.45) is 5.41 Å². The van der Waals surface area contributed by atoms with E-state index in [1.54, 1.807) is 11.8 Å². The second kappa shape index (κ2) is 6.81. The van der Waals surface area contributed by atoms with Crippen LogP contribution in [0.2, 0.25) is 0 Å². The summed E-state index contributed by atoms with van der Waals surface area (Å²) >= 11 is 1.79. The van der Waals surface area contributed by atoms with Gasteiger partial charge in [-0.25, -0.2) is 4.79 Å². The third-order valence-corrected chi connectivity index (χ3v) is 5.47. The Morgan fingerprint density at radius 1 is 1.24 bits per heavy atom. The third-order valence-electron chi connectivity index (χ3n) is 4.53. The Morgan fingerprint density at radius 2 is 1.90 bits per heavy atom. The highest BCUT2D eigenvalue weighted by molar-refractivity contribution is 7.99. The molecule has 2 aliphatic rings. The molecule has 2 fully saturated rings. The number of nitrogens with zero attached hydrogens (tertiary/aromatic N) is 1. The summed E-state index contributed by atoms with van der Waals surface area (Å²) in [5.74, 6) is 1.28. The van der Waals surface area contributed by atoms with Crippen molar-refractivity contribution in [1.82, 2.24) is 10.2 Å². The Labute approximate surface area is 130 Å². The van der Waals surface area contributed by atoms with Crippen LogP contribution < -0.4 is 5.32 Å². The molecule has 1 saturated carbocycles. The fourth-order valence-electron chi connectivity index (χ4n) is 3.22. The number of carbonyl (C=O) groups excluding carboxylic acids is 3. The molecule has 0 bridgehead atoms. The first kappa shape index (κ1) is 16.3. The van der Waals surface area contributed by atoms with E-state index in [2.05, 4.69) is 12.2 Å². The predicted octanol–water partition coefficient (Wildman–Crippen LogP) is 2.55. The Morgan fingerprint density at radius 3 is 2.52 bits per heavy atom. The first-order chi connectivity index (χ1) is 10.0. The van der Waals surface area contributed by atoms with Crippen LogP contribution in [0.3, 0.4) is 0 Å². The van der Waals surface area contributed by atoms with Crippen LogP contribution in [-0.2, 0) is 9.59 Å². The summed E-state index contributed by atoms with van der Waals surface area (Å²) in [5.41, 5.74) is -0.988. The van der Waals surface area contributed by atoms with Gasteiger partial charge in [-0.3, -0.25) is 19.8 Å². The van der Waals surface area contributed by atoms with Crippen LogP contribution in [0.4, 0.5) is 4.79 Å². The van der Waals surface area contributed by atoms with E-state index in [0.29, 0.717) is 12.8 Å². The zero-order chi connectivity index (χ0) is 15.5. The molecule has 6 heteroatoms. The van der Waals surface area contributed by atoms with Gasteiger partial charge in [-0.05, 0) is 37.7 Å². The van der Waals surface area contributed by atoms with Gasteiger partial charge in [-0.1, -0.05) is 26.2 Å². The van der Waals surface area contributed by atoms with Gasteiger partial charge in [0.25, 0.3) is 0 Å². The topological polar surface area (TPSA) is 66.5 Å². The van der Waals surface area contributed by atoms with Gasteiger partial charge in [0, 0.05) is 6.04 Å². The van der Waals surface area contributed by atoms with Crippen molar-refractivity contribution in [3.63, 3.8) is 0 Å². The molecular formula is C15H24N2O3S. The average Bonchev–Trinajstić information content (AvgIpc) is 2.47. The molecule has 118 valence electrons. The minimum absolute atomic E-state index is 0.163. The van der Waals surface area contributed by atoms with Gasteiger partial charge in [-0.15, -0.1) is 0 Å². The van der Waals surface area contributed by atoms with E-state index >= 15 is 0 Å². The maximum Gasteiger partial charge on any atom is 0.331 e. The summed E-state index contributed by atoms with van der Waals surface area (Å²) in [6.45, 7) is 3.98. The fourth-order valence-corrected chi connectivity index (χ4v) is 4.02. The molecule has 1 aliphatic heterocycles. The molecule has 1 atom stereocenters. The van der Waals surface area contributed by atoms with Crippen LogP contribution in [0.25, 0.3) is 0 Å². The second-order valence-corrected chi connectivity index (χ2v) is 7.31. The minimum atomic E-state index is -0.988. The summed E-state index contributed by atoms with van der Waals surface area (Å²) < 4.78 is 0. The highest BCUT2D eigenvalue weighted by Gasteiger charge is 2.54.